The first kappa shape index (κ1) is 15.6. The summed E-state index contributed by atoms with van der Waals surface area (Å²) in [5, 5.41) is 3.96. The maximum absolute atomic E-state index is 11.4. The molecule has 0 aliphatic carbocycles. The zero-order chi connectivity index (χ0) is 14.6. The standard InChI is InChI=1S/C13H23N3O3/c1-9(2)16(8-11(17)18-6)7-10-14-12(19-15-10)13(3,4)5/h9H,7-8H2,1-6H3. The van der Waals surface area contributed by atoms with E-state index in [0.717, 1.165) is 0 Å². The number of methoxy groups -OCH3 is 1. The van der Waals surface area contributed by atoms with Gasteiger partial charge in [0.15, 0.2) is 5.82 Å². The molecule has 108 valence electrons. The minimum Gasteiger partial charge on any atom is -0.468 e. The Kier molecular flexibility index (Phi) is 5.05. The number of hydrogen-bond donors (Lipinski definition) is 0. The maximum atomic E-state index is 11.4. The SMILES string of the molecule is COC(=O)CN(Cc1noc(C(C)(C)C)n1)C(C)C. The number of nitrogens with zero attached hydrogens (tertiary/aromatic N) is 3. The van der Waals surface area contributed by atoms with Gasteiger partial charge in [0, 0.05) is 11.5 Å². The molecule has 1 heterocycles. The Hall–Kier alpha value is -1.43. The van der Waals surface area contributed by atoms with Crippen molar-refractivity contribution in [2.75, 3.05) is 13.7 Å². The van der Waals surface area contributed by atoms with E-state index in [9.17, 15) is 4.79 Å². The monoisotopic (exact) mass is 269 g/mol. The zero-order valence-corrected chi connectivity index (χ0v) is 12.6. The Labute approximate surface area is 114 Å². The van der Waals surface area contributed by atoms with E-state index in [4.69, 9.17) is 4.52 Å². The summed E-state index contributed by atoms with van der Waals surface area (Å²) >= 11 is 0. The highest BCUT2D eigenvalue weighted by molar-refractivity contribution is 5.71. The highest BCUT2D eigenvalue weighted by Crippen LogP contribution is 2.20. The topological polar surface area (TPSA) is 68.5 Å². The summed E-state index contributed by atoms with van der Waals surface area (Å²) in [4.78, 5) is 17.7. The fourth-order valence-electron chi connectivity index (χ4n) is 1.46. The average Bonchev–Trinajstić information content (AvgIpc) is 2.76. The van der Waals surface area contributed by atoms with E-state index in [1.165, 1.54) is 7.11 Å². The Bertz CT molecular complexity index is 421. The Morgan fingerprint density at radius 3 is 2.47 bits per heavy atom. The second-order valence-corrected chi connectivity index (χ2v) is 5.84. The van der Waals surface area contributed by atoms with Crippen molar-refractivity contribution in [3.8, 4) is 0 Å². The third-order valence-corrected chi connectivity index (χ3v) is 2.74. The molecule has 0 radical (unpaired) electrons. The van der Waals surface area contributed by atoms with Gasteiger partial charge in [-0.25, -0.2) is 0 Å². The first-order valence-corrected chi connectivity index (χ1v) is 6.38. The van der Waals surface area contributed by atoms with E-state index in [1.54, 1.807) is 0 Å². The van der Waals surface area contributed by atoms with E-state index in [2.05, 4.69) is 14.9 Å². The van der Waals surface area contributed by atoms with Gasteiger partial charge < -0.3 is 9.26 Å². The van der Waals surface area contributed by atoms with Crippen LogP contribution in [0.2, 0.25) is 0 Å². The van der Waals surface area contributed by atoms with Crippen LogP contribution in [0.4, 0.5) is 0 Å². The van der Waals surface area contributed by atoms with Crippen LogP contribution in [-0.2, 0) is 21.5 Å². The molecule has 0 aliphatic heterocycles. The lowest BCUT2D eigenvalue weighted by atomic mass is 9.97. The van der Waals surface area contributed by atoms with Gasteiger partial charge in [0.1, 0.15) is 0 Å². The molecule has 0 N–H and O–H groups in total. The maximum Gasteiger partial charge on any atom is 0.319 e. The number of esters is 1. The van der Waals surface area contributed by atoms with E-state index in [-0.39, 0.29) is 24.0 Å². The molecular weight excluding hydrogens is 246 g/mol. The minimum absolute atomic E-state index is 0.170. The van der Waals surface area contributed by atoms with Crippen LogP contribution in [-0.4, -0.2) is 40.7 Å². The lowest BCUT2D eigenvalue weighted by Gasteiger charge is -2.23. The third kappa shape index (κ3) is 4.63. The molecule has 0 fully saturated rings. The third-order valence-electron chi connectivity index (χ3n) is 2.74. The summed E-state index contributed by atoms with van der Waals surface area (Å²) in [6, 6.07) is 0.190. The van der Waals surface area contributed by atoms with Gasteiger partial charge in [-0.3, -0.25) is 9.69 Å². The summed E-state index contributed by atoms with van der Waals surface area (Å²) in [6.45, 7) is 10.7. The molecule has 0 aliphatic rings. The van der Waals surface area contributed by atoms with Gasteiger partial charge in [-0.15, -0.1) is 0 Å². The van der Waals surface area contributed by atoms with Crippen molar-refractivity contribution in [1.29, 1.82) is 0 Å². The molecule has 0 atom stereocenters. The Morgan fingerprint density at radius 1 is 1.42 bits per heavy atom. The molecule has 6 nitrogen and oxygen atoms in total. The zero-order valence-electron chi connectivity index (χ0n) is 12.6. The lowest BCUT2D eigenvalue weighted by Crippen LogP contribution is -2.36. The molecule has 0 aromatic carbocycles. The molecule has 0 saturated carbocycles. The fraction of sp³-hybridized carbons (Fsp3) is 0.769. The van der Waals surface area contributed by atoms with Crippen LogP contribution in [0.5, 0.6) is 0 Å². The largest absolute Gasteiger partial charge is 0.468 e. The summed E-state index contributed by atoms with van der Waals surface area (Å²) < 4.78 is 9.92. The summed E-state index contributed by atoms with van der Waals surface area (Å²) in [6.07, 6.45) is 0. The lowest BCUT2D eigenvalue weighted by molar-refractivity contribution is -0.142. The van der Waals surface area contributed by atoms with Gasteiger partial charge in [0.05, 0.1) is 20.2 Å². The number of carbonyl (C=O) groups is 1. The van der Waals surface area contributed by atoms with Crippen molar-refractivity contribution in [3.05, 3.63) is 11.7 Å². The summed E-state index contributed by atoms with van der Waals surface area (Å²) in [7, 11) is 1.38. The van der Waals surface area contributed by atoms with Gasteiger partial charge in [-0.2, -0.15) is 4.98 Å². The first-order valence-electron chi connectivity index (χ1n) is 6.38. The van der Waals surface area contributed by atoms with Crippen LogP contribution in [0.15, 0.2) is 4.52 Å². The first-order chi connectivity index (χ1) is 8.74. The molecule has 6 heteroatoms. The van der Waals surface area contributed by atoms with E-state index in [1.807, 2.05) is 39.5 Å². The predicted octanol–water partition coefficient (Wildman–Crippen LogP) is 1.75. The predicted molar refractivity (Wildman–Crippen MR) is 70.6 cm³/mol. The Morgan fingerprint density at radius 2 is 2.05 bits per heavy atom. The smallest absolute Gasteiger partial charge is 0.319 e. The molecule has 0 unspecified atom stereocenters. The van der Waals surface area contributed by atoms with E-state index in [0.29, 0.717) is 18.3 Å². The number of hydrogen-bond acceptors (Lipinski definition) is 6. The average molecular weight is 269 g/mol. The molecule has 1 rings (SSSR count). The van der Waals surface area contributed by atoms with E-state index >= 15 is 0 Å². The van der Waals surface area contributed by atoms with Crippen molar-refractivity contribution in [3.63, 3.8) is 0 Å². The van der Waals surface area contributed by atoms with Gasteiger partial charge >= 0.3 is 5.97 Å². The molecule has 0 spiro atoms. The van der Waals surface area contributed by atoms with Gasteiger partial charge in [0.2, 0.25) is 5.89 Å². The van der Waals surface area contributed by atoms with E-state index < -0.39 is 0 Å². The molecule has 0 amide bonds. The minimum atomic E-state index is -0.270. The highest BCUT2D eigenvalue weighted by atomic mass is 16.5. The molecule has 19 heavy (non-hydrogen) atoms. The number of aromatic nitrogens is 2. The molecular formula is C13H23N3O3. The second-order valence-electron chi connectivity index (χ2n) is 5.84. The summed E-state index contributed by atoms with van der Waals surface area (Å²) in [5.41, 5.74) is -0.170. The van der Waals surface area contributed by atoms with Crippen LogP contribution in [0, 0.1) is 0 Å². The number of rotatable bonds is 5. The molecule has 1 aromatic heterocycles. The fourth-order valence-corrected chi connectivity index (χ4v) is 1.46. The van der Waals surface area contributed by atoms with Crippen molar-refractivity contribution in [1.82, 2.24) is 15.0 Å². The van der Waals surface area contributed by atoms with Gasteiger partial charge in [0.25, 0.3) is 0 Å². The molecule has 0 saturated heterocycles. The Balaban J connectivity index is 2.74. The van der Waals surface area contributed by atoms with Gasteiger partial charge in [-0.1, -0.05) is 25.9 Å². The van der Waals surface area contributed by atoms with Crippen molar-refractivity contribution in [2.45, 2.75) is 52.6 Å². The van der Waals surface area contributed by atoms with Crippen molar-refractivity contribution >= 4 is 5.97 Å². The number of carbonyl (C=O) groups excluding carboxylic acids is 1. The van der Waals surface area contributed by atoms with Crippen molar-refractivity contribution in [2.24, 2.45) is 0 Å². The van der Waals surface area contributed by atoms with Crippen LogP contribution in [0.1, 0.15) is 46.3 Å². The molecule has 1 aromatic rings. The number of ether oxygens (including phenoxy) is 1. The van der Waals surface area contributed by atoms with Crippen LogP contribution < -0.4 is 0 Å². The van der Waals surface area contributed by atoms with Gasteiger partial charge in [-0.05, 0) is 13.8 Å². The van der Waals surface area contributed by atoms with Crippen LogP contribution in [0.3, 0.4) is 0 Å². The molecule has 0 bridgehead atoms. The summed E-state index contributed by atoms with van der Waals surface area (Å²) in [5.74, 6) is 0.917. The second kappa shape index (κ2) is 6.14. The quantitative estimate of drug-likeness (QED) is 0.759. The normalized spacial score (nSPS) is 12.2. The highest BCUT2D eigenvalue weighted by Gasteiger charge is 2.23. The van der Waals surface area contributed by atoms with Crippen LogP contribution in [0.25, 0.3) is 0 Å². The van der Waals surface area contributed by atoms with Crippen LogP contribution >= 0.6 is 0 Å². The van der Waals surface area contributed by atoms with Crippen molar-refractivity contribution < 1.29 is 14.1 Å².